The quantitative estimate of drug-likeness (QED) is 0.213. The summed E-state index contributed by atoms with van der Waals surface area (Å²) in [7, 11) is -1.05. The Labute approximate surface area is 212 Å². The fourth-order valence-corrected chi connectivity index (χ4v) is 11.3. The molecular weight excluding hydrogens is 575 g/mol. The predicted octanol–water partition coefficient (Wildman–Crippen LogP) is 2.99. The minimum atomic E-state index is -4.17. The van der Waals surface area contributed by atoms with E-state index in [2.05, 4.69) is 0 Å². The van der Waals surface area contributed by atoms with Crippen molar-refractivity contribution in [1.82, 2.24) is 0 Å². The van der Waals surface area contributed by atoms with Crippen molar-refractivity contribution < 1.29 is 40.6 Å². The molecule has 0 unspecified atom stereocenters. The predicted molar refractivity (Wildman–Crippen MR) is 133 cm³/mol. The standard InChI is InChI=1S/C28H23IO5S/c1-32-27-22-16-9-10-17-23(22)28(33-2)26-24(27)18-11-19-25(26)35(30,31)34-29(20-12-5-3-6-13-20)21-14-7-4-8-15-21/h3-19H,1-2H3/q+1. The lowest BCUT2D eigenvalue weighted by Crippen LogP contribution is -3.85. The first-order valence-corrected chi connectivity index (χ1v) is 15.3. The van der Waals surface area contributed by atoms with E-state index in [0.29, 0.717) is 22.3 Å². The Balaban J connectivity index is 1.74. The molecule has 0 aliphatic heterocycles. The molecule has 0 N–H and O–H groups in total. The Kier molecular flexibility index (Phi) is 6.64. The molecule has 5 nitrogen and oxygen atoms in total. The molecule has 5 aromatic rings. The molecule has 0 saturated carbocycles. The van der Waals surface area contributed by atoms with Gasteiger partial charge in [0.2, 0.25) is 0 Å². The lowest BCUT2D eigenvalue weighted by atomic mass is 10.0. The molecule has 177 valence electrons. The van der Waals surface area contributed by atoms with Crippen molar-refractivity contribution in [2.45, 2.75) is 4.90 Å². The van der Waals surface area contributed by atoms with Gasteiger partial charge in [-0.2, -0.15) is 8.42 Å². The van der Waals surface area contributed by atoms with Crippen molar-refractivity contribution >= 4 is 31.7 Å². The van der Waals surface area contributed by atoms with Crippen LogP contribution >= 0.6 is 0 Å². The molecule has 5 aromatic carbocycles. The van der Waals surface area contributed by atoms with E-state index in [1.54, 1.807) is 26.4 Å². The topological polar surface area (TPSA) is 61.8 Å². The number of methoxy groups -OCH3 is 2. The van der Waals surface area contributed by atoms with Crippen LogP contribution in [0.25, 0.3) is 21.5 Å². The Hall–Kier alpha value is -3.14. The third kappa shape index (κ3) is 4.35. The Morgan fingerprint density at radius 2 is 1.06 bits per heavy atom. The average molecular weight is 598 g/mol. The van der Waals surface area contributed by atoms with Crippen LogP contribution in [-0.4, -0.2) is 22.6 Å². The fourth-order valence-electron chi connectivity index (χ4n) is 4.13. The number of fused-ring (bicyclic) bond motifs is 2. The van der Waals surface area contributed by atoms with E-state index in [0.717, 1.165) is 17.9 Å². The van der Waals surface area contributed by atoms with Crippen LogP contribution in [0, 0.1) is 7.14 Å². The van der Waals surface area contributed by atoms with Gasteiger partial charge in [-0.3, -0.25) is 0 Å². The van der Waals surface area contributed by atoms with Crippen molar-refractivity contribution in [3.63, 3.8) is 0 Å². The normalized spacial score (nSPS) is 11.7. The van der Waals surface area contributed by atoms with Gasteiger partial charge in [0, 0.05) is 21.5 Å². The minimum Gasteiger partial charge on any atom is -0.495 e. The second kappa shape index (κ2) is 9.85. The summed E-state index contributed by atoms with van der Waals surface area (Å²) in [5.74, 6) is 1.06. The van der Waals surface area contributed by atoms with E-state index in [4.69, 9.17) is 12.0 Å². The molecule has 35 heavy (non-hydrogen) atoms. The number of rotatable bonds is 7. The first-order valence-electron chi connectivity index (χ1n) is 10.9. The van der Waals surface area contributed by atoms with Crippen molar-refractivity contribution in [1.29, 1.82) is 0 Å². The highest BCUT2D eigenvalue weighted by Gasteiger charge is 2.39. The molecule has 0 saturated heterocycles. The lowest BCUT2D eigenvalue weighted by Gasteiger charge is -2.17. The molecule has 0 aliphatic rings. The second-order valence-electron chi connectivity index (χ2n) is 7.65. The van der Waals surface area contributed by atoms with Gasteiger partial charge in [-0.15, -0.1) is 0 Å². The van der Waals surface area contributed by atoms with Crippen LogP contribution in [0.2, 0.25) is 0 Å². The smallest absolute Gasteiger partial charge is 0.336 e. The molecule has 0 amide bonds. The summed E-state index contributed by atoms with van der Waals surface area (Å²) in [6.07, 6.45) is 0. The van der Waals surface area contributed by atoms with Crippen LogP contribution in [0.1, 0.15) is 0 Å². The van der Waals surface area contributed by atoms with Gasteiger partial charge in [-0.05, 0) is 32.8 Å². The minimum absolute atomic E-state index is 0.0602. The number of benzene rings is 5. The highest BCUT2D eigenvalue weighted by atomic mass is 127. The maximum atomic E-state index is 13.9. The summed E-state index contributed by atoms with van der Waals surface area (Å²) in [6.45, 7) is 0. The molecule has 0 fully saturated rings. The molecular formula is C28H23IO5S+. The SMILES string of the molecule is COc1c2ccccc2c(OC)c2c(S(=O)(=O)O[I+](c3ccccc3)c3ccccc3)cccc12. The monoisotopic (exact) mass is 598 g/mol. The largest absolute Gasteiger partial charge is 0.495 e. The van der Waals surface area contributed by atoms with Crippen molar-refractivity contribution in [2.75, 3.05) is 14.2 Å². The van der Waals surface area contributed by atoms with Crippen LogP contribution in [0.15, 0.2) is 108 Å². The maximum Gasteiger partial charge on any atom is 0.336 e. The molecule has 0 heterocycles. The van der Waals surface area contributed by atoms with Crippen LogP contribution in [-0.2, 0) is 12.6 Å². The number of ether oxygens (including phenoxy) is 2. The van der Waals surface area contributed by atoms with Crippen molar-refractivity contribution in [2.24, 2.45) is 0 Å². The molecule has 0 atom stereocenters. The van der Waals surface area contributed by atoms with Gasteiger partial charge in [0.05, 0.1) is 14.2 Å². The Morgan fingerprint density at radius 3 is 1.60 bits per heavy atom. The zero-order valence-electron chi connectivity index (χ0n) is 19.1. The van der Waals surface area contributed by atoms with Crippen LogP contribution in [0.3, 0.4) is 0 Å². The zero-order chi connectivity index (χ0) is 24.4. The summed E-state index contributed by atoms with van der Waals surface area (Å²) in [5, 5.41) is 2.70. The van der Waals surface area contributed by atoms with E-state index in [1.807, 2.05) is 91.0 Å². The van der Waals surface area contributed by atoms with Crippen LogP contribution < -0.4 is 29.7 Å². The first-order chi connectivity index (χ1) is 17.0. The van der Waals surface area contributed by atoms with E-state index in [9.17, 15) is 8.42 Å². The number of hydrogen-bond acceptors (Lipinski definition) is 5. The summed E-state index contributed by atoms with van der Waals surface area (Å²) < 4.78 is 47.3. The zero-order valence-corrected chi connectivity index (χ0v) is 22.1. The van der Waals surface area contributed by atoms with Crippen molar-refractivity contribution in [3.8, 4) is 11.5 Å². The second-order valence-corrected chi connectivity index (χ2v) is 14.1. The lowest BCUT2D eigenvalue weighted by molar-refractivity contribution is -1.03. The third-order valence-corrected chi connectivity index (χ3v) is 13.0. The van der Waals surface area contributed by atoms with Gasteiger partial charge in [0.25, 0.3) is 0 Å². The molecule has 5 rings (SSSR count). The fraction of sp³-hybridized carbons (Fsp3) is 0.0714. The average Bonchev–Trinajstić information content (AvgIpc) is 2.91. The van der Waals surface area contributed by atoms with Crippen LogP contribution in [0.5, 0.6) is 11.5 Å². The summed E-state index contributed by atoms with van der Waals surface area (Å²) in [5.41, 5.74) is 0. The molecule has 0 aromatic heterocycles. The van der Waals surface area contributed by atoms with Gasteiger partial charge in [0.1, 0.15) is 16.4 Å². The summed E-state index contributed by atoms with van der Waals surface area (Å²) in [4.78, 5) is 0.0602. The highest BCUT2D eigenvalue weighted by Crippen LogP contribution is 2.44. The number of hydrogen-bond donors (Lipinski definition) is 0. The van der Waals surface area contributed by atoms with E-state index in [1.165, 1.54) is 0 Å². The van der Waals surface area contributed by atoms with Gasteiger partial charge in [-0.25, -0.2) is 0 Å². The molecule has 1 radical (unpaired) electrons. The summed E-state index contributed by atoms with van der Waals surface area (Å²) >= 11 is -2.81. The Morgan fingerprint density at radius 1 is 0.571 bits per heavy atom. The Bertz CT molecular complexity index is 1560. The maximum absolute atomic E-state index is 13.9. The van der Waals surface area contributed by atoms with E-state index < -0.39 is 30.4 Å². The van der Waals surface area contributed by atoms with Gasteiger partial charge in [-0.1, -0.05) is 72.8 Å². The molecule has 7 heteroatoms. The highest BCUT2D eigenvalue weighted by molar-refractivity contribution is 7.86. The molecule has 0 aliphatic carbocycles. The van der Waals surface area contributed by atoms with E-state index in [-0.39, 0.29) is 4.90 Å². The number of halogens is 1. The van der Waals surface area contributed by atoms with E-state index >= 15 is 0 Å². The third-order valence-electron chi connectivity index (χ3n) is 5.60. The summed E-state index contributed by atoms with van der Waals surface area (Å²) in [6, 6.07) is 31.9. The van der Waals surface area contributed by atoms with Gasteiger partial charge >= 0.3 is 30.4 Å². The van der Waals surface area contributed by atoms with Gasteiger partial charge in [0.15, 0.2) is 7.14 Å². The van der Waals surface area contributed by atoms with Gasteiger partial charge < -0.3 is 9.47 Å². The van der Waals surface area contributed by atoms with Crippen LogP contribution in [0.4, 0.5) is 0 Å². The molecule has 0 bridgehead atoms. The molecule has 0 spiro atoms. The van der Waals surface area contributed by atoms with Crippen molar-refractivity contribution in [3.05, 3.63) is 110 Å². The first kappa shape index (κ1) is 23.6.